The van der Waals surface area contributed by atoms with Gasteiger partial charge >= 0.3 is 6.18 Å². The quantitative estimate of drug-likeness (QED) is 0.684. The first-order chi connectivity index (χ1) is 14.8. The van der Waals surface area contributed by atoms with Crippen LogP contribution in [0.2, 0.25) is 0 Å². The van der Waals surface area contributed by atoms with Crippen LogP contribution in [0.25, 0.3) is 5.82 Å². The Morgan fingerprint density at radius 1 is 1.06 bits per heavy atom. The molecule has 11 heteroatoms. The lowest BCUT2D eigenvalue weighted by Gasteiger charge is -2.29. The topological polar surface area (TPSA) is 94.7 Å². The van der Waals surface area contributed by atoms with E-state index < -0.39 is 23.2 Å². The predicted molar refractivity (Wildman–Crippen MR) is 104 cm³/mol. The van der Waals surface area contributed by atoms with Crippen LogP contribution >= 0.6 is 0 Å². The smallest absolute Gasteiger partial charge is 0.349 e. The standard InChI is InChI=1S/C20H19F3N6O2/c21-20(22,23)16-4-2-1-3-15(16)19(31)26-13-5-7-14(8-6-13)29-18(30)10-9-17(27-29)28-12-24-11-25-28/h1-4,9-14H,5-8H2,(H,26,31). The molecule has 8 nitrogen and oxygen atoms in total. The van der Waals surface area contributed by atoms with Crippen LogP contribution in [0, 0.1) is 0 Å². The number of halogens is 3. The average molecular weight is 432 g/mol. The molecule has 0 radical (unpaired) electrons. The van der Waals surface area contributed by atoms with Crippen LogP contribution in [0.15, 0.2) is 53.8 Å². The summed E-state index contributed by atoms with van der Waals surface area (Å²) < 4.78 is 42.3. The van der Waals surface area contributed by atoms with Crippen LogP contribution < -0.4 is 10.9 Å². The van der Waals surface area contributed by atoms with Crippen molar-refractivity contribution < 1.29 is 18.0 Å². The van der Waals surface area contributed by atoms with Gasteiger partial charge in [0.2, 0.25) is 0 Å². The fourth-order valence-corrected chi connectivity index (χ4v) is 3.78. The van der Waals surface area contributed by atoms with Gasteiger partial charge in [0.05, 0.1) is 17.2 Å². The van der Waals surface area contributed by atoms with E-state index in [0.717, 1.165) is 6.07 Å². The van der Waals surface area contributed by atoms with E-state index in [2.05, 4.69) is 20.5 Å². The molecule has 1 aromatic carbocycles. The predicted octanol–water partition coefficient (Wildman–Crippen LogP) is 2.76. The molecule has 0 atom stereocenters. The molecule has 0 unspecified atom stereocenters. The monoisotopic (exact) mass is 432 g/mol. The van der Waals surface area contributed by atoms with Crippen molar-refractivity contribution in [2.24, 2.45) is 0 Å². The van der Waals surface area contributed by atoms with Crippen molar-refractivity contribution in [3.05, 3.63) is 70.5 Å². The van der Waals surface area contributed by atoms with Gasteiger partial charge in [0.25, 0.3) is 11.5 Å². The highest BCUT2D eigenvalue weighted by Gasteiger charge is 2.35. The van der Waals surface area contributed by atoms with Crippen molar-refractivity contribution in [3.8, 4) is 5.82 Å². The van der Waals surface area contributed by atoms with Crippen molar-refractivity contribution in [1.82, 2.24) is 29.9 Å². The Morgan fingerprint density at radius 3 is 2.48 bits per heavy atom. The van der Waals surface area contributed by atoms with Gasteiger partial charge in [-0.3, -0.25) is 9.59 Å². The summed E-state index contributed by atoms with van der Waals surface area (Å²) in [6.45, 7) is 0. The van der Waals surface area contributed by atoms with E-state index in [1.54, 1.807) is 6.07 Å². The van der Waals surface area contributed by atoms with E-state index in [4.69, 9.17) is 0 Å². The zero-order valence-electron chi connectivity index (χ0n) is 16.3. The van der Waals surface area contributed by atoms with Crippen molar-refractivity contribution in [2.45, 2.75) is 43.9 Å². The van der Waals surface area contributed by atoms with E-state index in [1.807, 2.05) is 0 Å². The normalized spacial score (nSPS) is 19.2. The summed E-state index contributed by atoms with van der Waals surface area (Å²) in [6.07, 6.45) is 0.384. The first-order valence-corrected chi connectivity index (χ1v) is 9.75. The molecule has 31 heavy (non-hydrogen) atoms. The van der Waals surface area contributed by atoms with Gasteiger partial charge < -0.3 is 5.32 Å². The number of nitrogens with one attached hydrogen (secondary N) is 1. The molecule has 1 N–H and O–H groups in total. The van der Waals surface area contributed by atoms with Gasteiger partial charge in [-0.15, -0.1) is 5.10 Å². The van der Waals surface area contributed by atoms with Crippen LogP contribution in [0.5, 0.6) is 0 Å². The highest BCUT2D eigenvalue weighted by atomic mass is 19.4. The summed E-state index contributed by atoms with van der Waals surface area (Å²) in [6, 6.07) is 7.23. The number of hydrogen-bond acceptors (Lipinski definition) is 5. The maximum atomic E-state index is 13.2. The van der Waals surface area contributed by atoms with E-state index in [0.29, 0.717) is 31.5 Å². The van der Waals surface area contributed by atoms with Gasteiger partial charge in [0.15, 0.2) is 5.82 Å². The fraction of sp³-hybridized carbons (Fsp3) is 0.350. The SMILES string of the molecule is O=C(NC1CCC(n2nc(-n3cncn3)ccc2=O)CC1)c1ccccc1C(F)(F)F. The van der Waals surface area contributed by atoms with Crippen molar-refractivity contribution in [3.63, 3.8) is 0 Å². The van der Waals surface area contributed by atoms with E-state index in [-0.39, 0.29) is 17.6 Å². The minimum atomic E-state index is -4.60. The van der Waals surface area contributed by atoms with Gasteiger partial charge in [-0.1, -0.05) is 12.1 Å². The zero-order chi connectivity index (χ0) is 22.0. The van der Waals surface area contributed by atoms with E-state index >= 15 is 0 Å². The average Bonchev–Trinajstić information content (AvgIpc) is 3.29. The number of aromatic nitrogens is 5. The Hall–Kier alpha value is -3.50. The Balaban J connectivity index is 1.43. The summed E-state index contributed by atoms with van der Waals surface area (Å²) in [5.41, 5.74) is -1.60. The number of rotatable bonds is 4. The number of benzene rings is 1. The van der Waals surface area contributed by atoms with Crippen LogP contribution in [-0.2, 0) is 6.18 Å². The second-order valence-corrected chi connectivity index (χ2v) is 7.34. The fourth-order valence-electron chi connectivity index (χ4n) is 3.78. The van der Waals surface area contributed by atoms with Gasteiger partial charge in [-0.25, -0.2) is 14.3 Å². The molecule has 1 aliphatic carbocycles. The van der Waals surface area contributed by atoms with Crippen LogP contribution in [-0.4, -0.2) is 36.5 Å². The number of nitrogens with zero attached hydrogens (tertiary/aromatic N) is 5. The third kappa shape index (κ3) is 4.49. The summed E-state index contributed by atoms with van der Waals surface area (Å²) in [4.78, 5) is 28.6. The number of amides is 1. The molecule has 2 heterocycles. The number of hydrogen-bond donors (Lipinski definition) is 1. The van der Waals surface area contributed by atoms with Crippen LogP contribution in [0.3, 0.4) is 0 Å². The highest BCUT2D eigenvalue weighted by Crippen LogP contribution is 2.32. The maximum Gasteiger partial charge on any atom is 0.417 e. The molecule has 1 aliphatic rings. The molecule has 162 valence electrons. The van der Waals surface area contributed by atoms with E-state index in [9.17, 15) is 22.8 Å². The molecule has 0 saturated heterocycles. The Morgan fingerprint density at radius 2 is 1.81 bits per heavy atom. The van der Waals surface area contributed by atoms with E-state index in [1.165, 1.54) is 46.3 Å². The molecule has 4 rings (SSSR count). The number of carbonyl (C=O) groups is 1. The third-order valence-corrected chi connectivity index (χ3v) is 5.32. The van der Waals surface area contributed by atoms with Gasteiger partial charge in [0.1, 0.15) is 12.7 Å². The summed E-state index contributed by atoms with van der Waals surface area (Å²) in [5, 5.41) is 11.1. The lowest BCUT2D eigenvalue weighted by atomic mass is 9.91. The minimum absolute atomic E-state index is 0.174. The molecule has 1 amide bonds. The van der Waals surface area contributed by atoms with Crippen LogP contribution in [0.1, 0.15) is 47.6 Å². The number of alkyl halides is 3. The van der Waals surface area contributed by atoms with Gasteiger partial charge in [-0.2, -0.15) is 18.3 Å². The molecule has 0 spiro atoms. The lowest BCUT2D eigenvalue weighted by Crippen LogP contribution is -2.40. The molecule has 1 fully saturated rings. The second-order valence-electron chi connectivity index (χ2n) is 7.34. The molecule has 0 aliphatic heterocycles. The van der Waals surface area contributed by atoms with Crippen LogP contribution in [0.4, 0.5) is 13.2 Å². The molecule has 0 bridgehead atoms. The summed E-state index contributed by atoms with van der Waals surface area (Å²) in [5.74, 6) is -0.295. The lowest BCUT2D eigenvalue weighted by molar-refractivity contribution is -0.137. The summed E-state index contributed by atoms with van der Waals surface area (Å²) in [7, 11) is 0. The zero-order valence-corrected chi connectivity index (χ0v) is 16.3. The Kier molecular flexibility index (Phi) is 5.57. The molecular formula is C20H19F3N6O2. The maximum absolute atomic E-state index is 13.2. The number of carbonyl (C=O) groups excluding carboxylic acids is 1. The minimum Gasteiger partial charge on any atom is -0.349 e. The Labute approximate surface area is 174 Å². The van der Waals surface area contributed by atoms with Crippen molar-refractivity contribution in [2.75, 3.05) is 0 Å². The summed E-state index contributed by atoms with van der Waals surface area (Å²) >= 11 is 0. The van der Waals surface area contributed by atoms with Crippen molar-refractivity contribution in [1.29, 1.82) is 0 Å². The second kappa shape index (κ2) is 8.32. The molecule has 3 aromatic rings. The molecule has 1 saturated carbocycles. The third-order valence-electron chi connectivity index (χ3n) is 5.32. The highest BCUT2D eigenvalue weighted by molar-refractivity contribution is 5.96. The van der Waals surface area contributed by atoms with Gasteiger partial charge in [0, 0.05) is 12.1 Å². The van der Waals surface area contributed by atoms with Crippen molar-refractivity contribution >= 4 is 5.91 Å². The molecular weight excluding hydrogens is 413 g/mol. The molecule has 2 aromatic heterocycles. The Bertz CT molecular complexity index is 1120. The first-order valence-electron chi connectivity index (χ1n) is 9.75. The van der Waals surface area contributed by atoms with Gasteiger partial charge in [-0.05, 0) is 43.9 Å². The first kappa shape index (κ1) is 20.8. The largest absolute Gasteiger partial charge is 0.417 e.